The van der Waals surface area contributed by atoms with Crippen molar-refractivity contribution in [2.24, 2.45) is 10.2 Å². The van der Waals surface area contributed by atoms with Crippen LogP contribution in [0, 0.1) is 5.82 Å². The highest BCUT2D eigenvalue weighted by Gasteiger charge is 2.15. The lowest BCUT2D eigenvalue weighted by Gasteiger charge is -2.00. The Labute approximate surface area is 138 Å². The van der Waals surface area contributed by atoms with Crippen molar-refractivity contribution in [2.45, 2.75) is 19.9 Å². The molecule has 0 atom stereocenters. The van der Waals surface area contributed by atoms with E-state index in [4.69, 9.17) is 0 Å². The summed E-state index contributed by atoms with van der Waals surface area (Å²) in [5.74, 6) is -0.837. The standard InChI is InChI=1S/C18H16FN3O2/c1-2-22-15-6-4-3-5-14(15)17(18(22)24)21-20-16(23)11-12-7-9-13(19)10-8-12/h3-10,24H,2,11H2,1H3. The topological polar surface area (TPSA) is 66.9 Å². The Morgan fingerprint density at radius 3 is 2.58 bits per heavy atom. The minimum Gasteiger partial charge on any atom is -0.493 e. The number of amides is 1. The number of rotatable bonds is 4. The van der Waals surface area contributed by atoms with Crippen LogP contribution in [0.2, 0.25) is 0 Å². The van der Waals surface area contributed by atoms with Gasteiger partial charge in [0.25, 0.3) is 5.91 Å². The summed E-state index contributed by atoms with van der Waals surface area (Å²) >= 11 is 0. The van der Waals surface area contributed by atoms with Gasteiger partial charge in [-0.05, 0) is 30.7 Å². The van der Waals surface area contributed by atoms with Crippen molar-refractivity contribution < 1.29 is 14.3 Å². The van der Waals surface area contributed by atoms with E-state index in [2.05, 4.69) is 10.2 Å². The van der Waals surface area contributed by atoms with Gasteiger partial charge < -0.3 is 9.67 Å². The third-order valence-electron chi connectivity index (χ3n) is 3.76. The number of para-hydroxylation sites is 1. The van der Waals surface area contributed by atoms with Crippen molar-refractivity contribution in [3.8, 4) is 5.88 Å². The van der Waals surface area contributed by atoms with Crippen LogP contribution in [0.5, 0.6) is 5.88 Å². The number of aryl methyl sites for hydroxylation is 1. The molecule has 1 heterocycles. The molecule has 122 valence electrons. The van der Waals surface area contributed by atoms with Gasteiger partial charge >= 0.3 is 0 Å². The van der Waals surface area contributed by atoms with Crippen molar-refractivity contribution in [1.29, 1.82) is 0 Å². The molecule has 0 aliphatic rings. The zero-order valence-electron chi connectivity index (χ0n) is 13.1. The third kappa shape index (κ3) is 3.03. The van der Waals surface area contributed by atoms with Gasteiger partial charge in [-0.1, -0.05) is 30.3 Å². The van der Waals surface area contributed by atoms with E-state index in [0.29, 0.717) is 12.1 Å². The molecule has 6 heteroatoms. The molecular weight excluding hydrogens is 309 g/mol. The molecule has 0 saturated heterocycles. The zero-order chi connectivity index (χ0) is 17.1. The maximum atomic E-state index is 12.9. The smallest absolute Gasteiger partial charge is 0.269 e. The van der Waals surface area contributed by atoms with Gasteiger partial charge in [0.1, 0.15) is 5.82 Å². The molecule has 0 spiro atoms. The number of azo groups is 1. The SMILES string of the molecule is CCn1c(O)c(N=NC(=O)Cc2ccc(F)cc2)c2ccccc21. The predicted octanol–water partition coefficient (Wildman–Crippen LogP) is 4.36. The van der Waals surface area contributed by atoms with Gasteiger partial charge in [-0.15, -0.1) is 10.2 Å². The summed E-state index contributed by atoms with van der Waals surface area (Å²) in [5, 5.41) is 18.7. The van der Waals surface area contributed by atoms with Gasteiger partial charge in [-0.25, -0.2) is 4.39 Å². The van der Waals surface area contributed by atoms with Gasteiger partial charge in [0.2, 0.25) is 5.88 Å². The van der Waals surface area contributed by atoms with Crippen molar-refractivity contribution in [1.82, 2.24) is 4.57 Å². The molecule has 1 amide bonds. The minimum atomic E-state index is -0.464. The van der Waals surface area contributed by atoms with E-state index in [9.17, 15) is 14.3 Å². The van der Waals surface area contributed by atoms with E-state index >= 15 is 0 Å². The number of halogens is 1. The van der Waals surface area contributed by atoms with Crippen LogP contribution in [0.15, 0.2) is 58.8 Å². The van der Waals surface area contributed by atoms with Crippen LogP contribution >= 0.6 is 0 Å². The largest absolute Gasteiger partial charge is 0.493 e. The van der Waals surface area contributed by atoms with E-state index in [1.54, 1.807) is 4.57 Å². The average Bonchev–Trinajstić information content (AvgIpc) is 2.86. The van der Waals surface area contributed by atoms with Crippen LogP contribution in [0.3, 0.4) is 0 Å². The molecule has 5 nitrogen and oxygen atoms in total. The first-order valence-electron chi connectivity index (χ1n) is 7.59. The summed E-state index contributed by atoms with van der Waals surface area (Å²) in [6.07, 6.45) is 0.0248. The Bertz CT molecular complexity index is 914. The van der Waals surface area contributed by atoms with Crippen molar-refractivity contribution in [2.75, 3.05) is 0 Å². The number of nitrogens with zero attached hydrogens (tertiary/aromatic N) is 3. The fourth-order valence-corrected chi connectivity index (χ4v) is 2.61. The molecule has 0 radical (unpaired) electrons. The number of carbonyl (C=O) groups excluding carboxylic acids is 1. The second-order valence-corrected chi connectivity index (χ2v) is 5.33. The number of benzene rings is 2. The Balaban J connectivity index is 1.86. The zero-order valence-corrected chi connectivity index (χ0v) is 13.1. The molecular formula is C18H16FN3O2. The molecule has 0 aliphatic carbocycles. The fourth-order valence-electron chi connectivity index (χ4n) is 2.61. The summed E-state index contributed by atoms with van der Waals surface area (Å²) in [4.78, 5) is 12.0. The third-order valence-corrected chi connectivity index (χ3v) is 3.76. The lowest BCUT2D eigenvalue weighted by Crippen LogP contribution is -1.97. The van der Waals surface area contributed by atoms with Gasteiger partial charge in [-0.2, -0.15) is 0 Å². The molecule has 1 aromatic heterocycles. The maximum Gasteiger partial charge on any atom is 0.269 e. The van der Waals surface area contributed by atoms with Crippen molar-refractivity contribution in [3.63, 3.8) is 0 Å². The number of hydrogen-bond donors (Lipinski definition) is 1. The first kappa shape index (κ1) is 15.9. The number of aromatic hydroxyl groups is 1. The van der Waals surface area contributed by atoms with Crippen LogP contribution in [-0.4, -0.2) is 15.6 Å². The van der Waals surface area contributed by atoms with Crippen LogP contribution in [0.1, 0.15) is 12.5 Å². The maximum absolute atomic E-state index is 12.9. The second-order valence-electron chi connectivity index (χ2n) is 5.33. The van der Waals surface area contributed by atoms with E-state index in [1.807, 2.05) is 31.2 Å². The predicted molar refractivity (Wildman–Crippen MR) is 88.9 cm³/mol. The van der Waals surface area contributed by atoms with Crippen LogP contribution < -0.4 is 0 Å². The minimum absolute atomic E-state index is 0.0166. The molecule has 0 fully saturated rings. The Kier molecular flexibility index (Phi) is 4.37. The molecule has 2 aromatic carbocycles. The highest BCUT2D eigenvalue weighted by Crippen LogP contribution is 2.38. The van der Waals surface area contributed by atoms with Crippen molar-refractivity contribution >= 4 is 22.5 Å². The molecule has 3 aromatic rings. The van der Waals surface area contributed by atoms with Gasteiger partial charge in [0.05, 0.1) is 11.9 Å². The quantitative estimate of drug-likeness (QED) is 0.724. The highest BCUT2D eigenvalue weighted by atomic mass is 19.1. The normalized spacial score (nSPS) is 11.4. The highest BCUT2D eigenvalue weighted by molar-refractivity contribution is 5.95. The molecule has 0 aliphatic heterocycles. The lowest BCUT2D eigenvalue weighted by atomic mass is 10.1. The molecule has 0 saturated carbocycles. The number of fused-ring (bicyclic) bond motifs is 1. The second kappa shape index (κ2) is 6.62. The summed E-state index contributed by atoms with van der Waals surface area (Å²) < 4.78 is 14.6. The van der Waals surface area contributed by atoms with Gasteiger partial charge in [0.15, 0.2) is 5.69 Å². The summed E-state index contributed by atoms with van der Waals surface area (Å²) in [6.45, 7) is 2.48. The van der Waals surface area contributed by atoms with Crippen molar-refractivity contribution in [3.05, 3.63) is 59.9 Å². The van der Waals surface area contributed by atoms with E-state index in [1.165, 1.54) is 24.3 Å². The first-order chi connectivity index (χ1) is 11.6. The van der Waals surface area contributed by atoms with E-state index < -0.39 is 5.91 Å². The number of aromatic nitrogens is 1. The van der Waals surface area contributed by atoms with E-state index in [0.717, 1.165) is 10.9 Å². The van der Waals surface area contributed by atoms with Crippen LogP contribution in [-0.2, 0) is 17.8 Å². The molecule has 0 unspecified atom stereocenters. The Morgan fingerprint density at radius 2 is 1.88 bits per heavy atom. The molecule has 3 rings (SSSR count). The Hall–Kier alpha value is -3.02. The van der Waals surface area contributed by atoms with E-state index in [-0.39, 0.29) is 23.8 Å². The summed E-state index contributed by atoms with van der Waals surface area (Å²) in [7, 11) is 0. The average molecular weight is 325 g/mol. The Morgan fingerprint density at radius 1 is 1.17 bits per heavy atom. The van der Waals surface area contributed by atoms with Crippen LogP contribution in [0.25, 0.3) is 10.9 Å². The molecule has 1 N–H and O–H groups in total. The molecule has 24 heavy (non-hydrogen) atoms. The molecule has 0 bridgehead atoms. The van der Waals surface area contributed by atoms with Gasteiger partial charge in [-0.3, -0.25) is 4.79 Å². The fraction of sp³-hybridized carbons (Fsp3) is 0.167. The summed E-state index contributed by atoms with van der Waals surface area (Å²) in [6, 6.07) is 13.0. The van der Waals surface area contributed by atoms with Crippen LogP contribution in [0.4, 0.5) is 10.1 Å². The first-order valence-corrected chi connectivity index (χ1v) is 7.59. The van der Waals surface area contributed by atoms with Gasteiger partial charge in [0, 0.05) is 11.9 Å². The lowest BCUT2D eigenvalue weighted by molar-refractivity contribution is -0.117. The monoisotopic (exact) mass is 325 g/mol. The summed E-state index contributed by atoms with van der Waals surface area (Å²) in [5.41, 5.74) is 1.76. The number of hydrogen-bond acceptors (Lipinski definition) is 3. The number of carbonyl (C=O) groups is 1.